The van der Waals surface area contributed by atoms with E-state index in [1.807, 2.05) is 55.5 Å². The van der Waals surface area contributed by atoms with E-state index in [4.69, 9.17) is 0 Å². The second kappa shape index (κ2) is 7.70. The first-order valence-corrected chi connectivity index (χ1v) is 9.97. The highest BCUT2D eigenvalue weighted by atomic mass is 16.4. The summed E-state index contributed by atoms with van der Waals surface area (Å²) in [6.07, 6.45) is 0.967. The molecule has 2 unspecified atom stereocenters. The van der Waals surface area contributed by atoms with Gasteiger partial charge in [0.15, 0.2) is 0 Å². The van der Waals surface area contributed by atoms with Crippen LogP contribution >= 0.6 is 0 Å². The number of hydrogen-bond acceptors (Lipinski definition) is 3. The number of carbonyl (C=O) groups is 3. The van der Waals surface area contributed by atoms with Crippen LogP contribution in [0.15, 0.2) is 48.5 Å². The van der Waals surface area contributed by atoms with Crippen molar-refractivity contribution in [3.63, 3.8) is 0 Å². The standard InChI is InChI=1S/C23H24N2O4/c1-2-15-7-4-6-10-20(15)25-13-17(11-21(25)26)22(27)24-12-16-8-3-5-9-18(16)19(14-24)23(28)29/h3-10,17,19H,2,11-14H2,1H3,(H,28,29). The molecule has 0 saturated carbocycles. The lowest BCUT2D eigenvalue weighted by Gasteiger charge is -2.34. The molecule has 0 spiro atoms. The molecule has 1 fully saturated rings. The summed E-state index contributed by atoms with van der Waals surface area (Å²) in [6, 6.07) is 15.1. The van der Waals surface area contributed by atoms with Crippen LogP contribution < -0.4 is 4.90 Å². The number of hydrogen-bond donors (Lipinski definition) is 1. The first kappa shape index (κ1) is 19.2. The van der Waals surface area contributed by atoms with E-state index in [9.17, 15) is 19.5 Å². The number of carbonyl (C=O) groups excluding carboxylic acids is 2. The van der Waals surface area contributed by atoms with Crippen molar-refractivity contribution in [2.24, 2.45) is 5.92 Å². The highest BCUT2D eigenvalue weighted by Crippen LogP contribution is 2.33. The zero-order valence-electron chi connectivity index (χ0n) is 16.4. The molecule has 2 heterocycles. The third-order valence-electron chi connectivity index (χ3n) is 5.94. The van der Waals surface area contributed by atoms with E-state index < -0.39 is 17.8 Å². The topological polar surface area (TPSA) is 77.9 Å². The largest absolute Gasteiger partial charge is 0.481 e. The van der Waals surface area contributed by atoms with Crippen molar-refractivity contribution in [1.29, 1.82) is 0 Å². The molecule has 2 aliphatic rings. The minimum atomic E-state index is -0.934. The lowest BCUT2D eigenvalue weighted by molar-refractivity contribution is -0.142. The summed E-state index contributed by atoms with van der Waals surface area (Å²) in [5.74, 6) is -2.33. The van der Waals surface area contributed by atoms with E-state index in [0.29, 0.717) is 13.1 Å². The number of nitrogens with zero attached hydrogens (tertiary/aromatic N) is 2. The molecular weight excluding hydrogens is 368 g/mol. The highest BCUT2D eigenvalue weighted by molar-refractivity contribution is 6.01. The van der Waals surface area contributed by atoms with Crippen LogP contribution in [0.4, 0.5) is 5.69 Å². The molecule has 1 saturated heterocycles. The molecule has 29 heavy (non-hydrogen) atoms. The lowest BCUT2D eigenvalue weighted by atomic mass is 9.89. The summed E-state index contributed by atoms with van der Waals surface area (Å²) < 4.78 is 0. The van der Waals surface area contributed by atoms with Gasteiger partial charge in [0, 0.05) is 31.7 Å². The lowest BCUT2D eigenvalue weighted by Crippen LogP contribution is -2.44. The van der Waals surface area contributed by atoms with Crippen LogP contribution in [0.25, 0.3) is 0 Å². The summed E-state index contributed by atoms with van der Waals surface area (Å²) in [5.41, 5.74) is 3.57. The first-order valence-electron chi connectivity index (χ1n) is 9.97. The maximum atomic E-state index is 13.2. The SMILES string of the molecule is CCc1ccccc1N1CC(C(=O)N2Cc3ccccc3C(C(=O)O)C2)CC1=O. The Kier molecular flexibility index (Phi) is 5.09. The normalized spacial score (nSPS) is 21.2. The average molecular weight is 392 g/mol. The van der Waals surface area contributed by atoms with Crippen LogP contribution in [0.1, 0.15) is 36.0 Å². The Morgan fingerprint density at radius 2 is 1.79 bits per heavy atom. The van der Waals surface area contributed by atoms with E-state index in [1.165, 1.54) is 0 Å². The molecule has 2 atom stereocenters. The van der Waals surface area contributed by atoms with Gasteiger partial charge in [-0.15, -0.1) is 0 Å². The maximum Gasteiger partial charge on any atom is 0.312 e. The molecule has 2 aromatic rings. The van der Waals surface area contributed by atoms with Gasteiger partial charge in [0.2, 0.25) is 11.8 Å². The Hall–Kier alpha value is -3.15. The van der Waals surface area contributed by atoms with Crippen molar-refractivity contribution >= 4 is 23.5 Å². The Morgan fingerprint density at radius 1 is 1.07 bits per heavy atom. The number of carboxylic acids is 1. The van der Waals surface area contributed by atoms with Gasteiger partial charge in [-0.3, -0.25) is 14.4 Å². The Labute approximate surface area is 169 Å². The van der Waals surface area contributed by atoms with Gasteiger partial charge < -0.3 is 14.9 Å². The Bertz CT molecular complexity index is 971. The van der Waals surface area contributed by atoms with Gasteiger partial charge >= 0.3 is 5.97 Å². The van der Waals surface area contributed by atoms with Gasteiger partial charge in [-0.2, -0.15) is 0 Å². The van der Waals surface area contributed by atoms with Crippen LogP contribution in [0.5, 0.6) is 0 Å². The number of para-hydroxylation sites is 1. The molecule has 2 aliphatic heterocycles. The molecule has 0 aromatic heterocycles. The van der Waals surface area contributed by atoms with Crippen LogP contribution in [0.2, 0.25) is 0 Å². The maximum absolute atomic E-state index is 13.2. The molecule has 1 N–H and O–H groups in total. The number of rotatable bonds is 4. The average Bonchev–Trinajstić information content (AvgIpc) is 3.13. The predicted molar refractivity (Wildman–Crippen MR) is 109 cm³/mol. The molecule has 2 aromatic carbocycles. The van der Waals surface area contributed by atoms with Crippen molar-refractivity contribution in [2.45, 2.75) is 32.2 Å². The molecule has 6 nitrogen and oxygen atoms in total. The van der Waals surface area contributed by atoms with Crippen molar-refractivity contribution in [2.75, 3.05) is 18.0 Å². The van der Waals surface area contributed by atoms with E-state index in [-0.39, 0.29) is 24.8 Å². The van der Waals surface area contributed by atoms with Crippen LogP contribution in [-0.4, -0.2) is 40.9 Å². The molecule has 2 amide bonds. The van der Waals surface area contributed by atoms with Crippen molar-refractivity contribution in [3.8, 4) is 0 Å². The van der Waals surface area contributed by atoms with Gasteiger partial charge in [0.25, 0.3) is 0 Å². The van der Waals surface area contributed by atoms with Gasteiger partial charge in [-0.1, -0.05) is 49.4 Å². The zero-order valence-corrected chi connectivity index (χ0v) is 16.4. The highest BCUT2D eigenvalue weighted by Gasteiger charge is 2.40. The third-order valence-corrected chi connectivity index (χ3v) is 5.94. The van der Waals surface area contributed by atoms with Gasteiger partial charge in [-0.05, 0) is 29.2 Å². The Morgan fingerprint density at radius 3 is 2.55 bits per heavy atom. The third kappa shape index (κ3) is 3.50. The fourth-order valence-corrected chi connectivity index (χ4v) is 4.42. The van der Waals surface area contributed by atoms with Crippen molar-refractivity contribution < 1.29 is 19.5 Å². The van der Waals surface area contributed by atoms with Crippen molar-refractivity contribution in [1.82, 2.24) is 4.90 Å². The molecule has 4 rings (SSSR count). The number of carboxylic acid groups (broad SMARTS) is 1. The summed E-state index contributed by atoms with van der Waals surface area (Å²) in [7, 11) is 0. The fourth-order valence-electron chi connectivity index (χ4n) is 4.42. The smallest absolute Gasteiger partial charge is 0.312 e. The zero-order chi connectivity index (χ0) is 20.5. The molecule has 0 bridgehead atoms. The van der Waals surface area contributed by atoms with E-state index in [2.05, 4.69) is 0 Å². The number of amides is 2. The fraction of sp³-hybridized carbons (Fsp3) is 0.348. The number of aryl methyl sites for hydroxylation is 1. The van der Waals surface area contributed by atoms with Crippen LogP contribution in [-0.2, 0) is 27.3 Å². The Balaban J connectivity index is 1.55. The summed E-state index contributed by atoms with van der Waals surface area (Å²) >= 11 is 0. The van der Waals surface area contributed by atoms with Gasteiger partial charge in [-0.25, -0.2) is 0 Å². The monoisotopic (exact) mass is 392 g/mol. The van der Waals surface area contributed by atoms with Gasteiger partial charge in [0.1, 0.15) is 0 Å². The molecular formula is C23H24N2O4. The number of aliphatic carboxylic acids is 1. The summed E-state index contributed by atoms with van der Waals surface area (Å²) in [6.45, 7) is 2.90. The number of anilines is 1. The number of benzene rings is 2. The second-order valence-corrected chi connectivity index (χ2v) is 7.70. The predicted octanol–water partition coefficient (Wildman–Crippen LogP) is 2.81. The quantitative estimate of drug-likeness (QED) is 0.868. The summed E-state index contributed by atoms with van der Waals surface area (Å²) in [5, 5.41) is 9.64. The van der Waals surface area contributed by atoms with Crippen LogP contribution in [0, 0.1) is 5.92 Å². The minimum absolute atomic E-state index is 0.0588. The van der Waals surface area contributed by atoms with Crippen molar-refractivity contribution in [3.05, 3.63) is 65.2 Å². The van der Waals surface area contributed by atoms with E-state index >= 15 is 0 Å². The number of fused-ring (bicyclic) bond motifs is 1. The molecule has 6 heteroatoms. The molecule has 0 aliphatic carbocycles. The first-order chi connectivity index (χ1) is 14.0. The second-order valence-electron chi connectivity index (χ2n) is 7.70. The molecule has 0 radical (unpaired) electrons. The summed E-state index contributed by atoms with van der Waals surface area (Å²) in [4.78, 5) is 41.0. The minimum Gasteiger partial charge on any atom is -0.481 e. The van der Waals surface area contributed by atoms with E-state index in [0.717, 1.165) is 28.8 Å². The van der Waals surface area contributed by atoms with Gasteiger partial charge in [0.05, 0.1) is 11.8 Å². The molecule has 150 valence electrons. The van der Waals surface area contributed by atoms with Crippen LogP contribution in [0.3, 0.4) is 0 Å². The van der Waals surface area contributed by atoms with E-state index in [1.54, 1.807) is 9.80 Å².